The Morgan fingerprint density at radius 3 is 2.95 bits per heavy atom. The Hall–Kier alpha value is -1.08. The van der Waals surface area contributed by atoms with Crippen molar-refractivity contribution >= 4 is 34.1 Å². The lowest BCUT2D eigenvalue weighted by molar-refractivity contribution is -0.121. The summed E-state index contributed by atoms with van der Waals surface area (Å²) in [5.74, 6) is -0.250. The molecule has 1 unspecified atom stereocenters. The Bertz CT molecular complexity index is 681. The van der Waals surface area contributed by atoms with Crippen LogP contribution in [0.15, 0.2) is 34.5 Å². The normalized spacial score (nSPS) is 21.7. The first-order chi connectivity index (χ1) is 10.6. The molecule has 0 bridgehead atoms. The van der Waals surface area contributed by atoms with E-state index in [9.17, 15) is 9.18 Å². The molecule has 0 spiro atoms. The molecule has 1 aromatic carbocycles. The number of ketones is 1. The number of nitrogens with zero attached hydrogens (tertiary/aromatic N) is 1. The number of carbonyl (C=O) groups is 1. The molecule has 0 amide bonds. The zero-order valence-corrected chi connectivity index (χ0v) is 14.5. The molecule has 2 aliphatic rings. The fourth-order valence-corrected chi connectivity index (χ4v) is 3.62. The molecule has 116 valence electrons. The van der Waals surface area contributed by atoms with Crippen LogP contribution in [0.2, 0.25) is 0 Å². The largest absolute Gasteiger partial charge is 0.367 e. The number of rotatable bonds is 3. The molecule has 0 N–H and O–H groups in total. The third kappa shape index (κ3) is 3.01. The van der Waals surface area contributed by atoms with E-state index in [4.69, 9.17) is 4.74 Å². The molecule has 2 aliphatic heterocycles. The van der Waals surface area contributed by atoms with Crippen LogP contribution in [-0.2, 0) is 9.53 Å². The van der Waals surface area contributed by atoms with Gasteiger partial charge in [0.05, 0.1) is 12.3 Å². The summed E-state index contributed by atoms with van der Waals surface area (Å²) in [5.41, 5.74) is 3.60. The number of Topliss-reactive ketones (excluding diaryl/α,β-unsaturated/α-hetero) is 1. The van der Waals surface area contributed by atoms with Crippen molar-refractivity contribution < 1.29 is 13.9 Å². The van der Waals surface area contributed by atoms with E-state index in [0.717, 1.165) is 41.8 Å². The molecule has 1 aromatic rings. The quantitative estimate of drug-likeness (QED) is 0.703. The lowest BCUT2D eigenvalue weighted by atomic mass is 9.80. The number of ether oxygens (including phenoxy) is 1. The lowest BCUT2D eigenvalue weighted by Gasteiger charge is -2.30. The summed E-state index contributed by atoms with van der Waals surface area (Å²) in [6, 6.07) is 5.10. The van der Waals surface area contributed by atoms with Crippen molar-refractivity contribution in [1.29, 1.82) is 0 Å². The molecule has 0 saturated carbocycles. The number of halogens is 2. The maximum Gasteiger partial charge on any atom is 0.187 e. The highest BCUT2D eigenvalue weighted by Gasteiger charge is 2.33. The van der Waals surface area contributed by atoms with E-state index in [-0.39, 0.29) is 24.1 Å². The molecule has 22 heavy (non-hydrogen) atoms. The third-order valence-corrected chi connectivity index (χ3v) is 4.88. The highest BCUT2D eigenvalue weighted by molar-refractivity contribution is 14.1. The van der Waals surface area contributed by atoms with Crippen molar-refractivity contribution in [3.8, 4) is 0 Å². The molecule has 0 radical (unpaired) electrons. The highest BCUT2D eigenvalue weighted by Crippen LogP contribution is 2.38. The molecular weight excluding hydrogens is 396 g/mol. The van der Waals surface area contributed by atoms with Crippen molar-refractivity contribution in [2.75, 3.05) is 13.2 Å². The zero-order valence-electron chi connectivity index (χ0n) is 12.4. The second kappa shape index (κ2) is 6.58. The Morgan fingerprint density at radius 1 is 1.41 bits per heavy atom. The molecule has 0 saturated heterocycles. The first-order valence-corrected chi connectivity index (χ1v) is 8.53. The van der Waals surface area contributed by atoms with E-state index in [1.807, 2.05) is 28.7 Å². The minimum absolute atomic E-state index is 0.00452. The molecule has 5 heteroatoms. The van der Waals surface area contributed by atoms with Gasteiger partial charge in [0.15, 0.2) is 5.78 Å². The van der Waals surface area contributed by atoms with Gasteiger partial charge in [-0.1, -0.05) is 19.4 Å². The predicted molar refractivity (Wildman–Crippen MR) is 91.7 cm³/mol. The van der Waals surface area contributed by atoms with Crippen LogP contribution in [0.1, 0.15) is 37.7 Å². The van der Waals surface area contributed by atoms with Gasteiger partial charge in [-0.2, -0.15) is 0 Å². The van der Waals surface area contributed by atoms with Gasteiger partial charge in [-0.3, -0.25) is 9.79 Å². The van der Waals surface area contributed by atoms with E-state index >= 15 is 0 Å². The second-order valence-corrected chi connectivity index (χ2v) is 6.80. The SMILES string of the molecule is CCCC1=NC2=C(C(=O)COC2)C(c2ccc(F)c(I)c2)C1. The van der Waals surface area contributed by atoms with Gasteiger partial charge in [-0.05, 0) is 53.1 Å². The minimum atomic E-state index is -0.227. The van der Waals surface area contributed by atoms with Gasteiger partial charge in [-0.25, -0.2) is 4.39 Å². The highest BCUT2D eigenvalue weighted by atomic mass is 127. The van der Waals surface area contributed by atoms with Crippen LogP contribution in [-0.4, -0.2) is 24.7 Å². The smallest absolute Gasteiger partial charge is 0.187 e. The average molecular weight is 413 g/mol. The van der Waals surface area contributed by atoms with Gasteiger partial charge >= 0.3 is 0 Å². The number of carbonyl (C=O) groups excluding carboxylic acids is 1. The van der Waals surface area contributed by atoms with Crippen molar-refractivity contribution in [3.63, 3.8) is 0 Å². The maximum atomic E-state index is 13.5. The molecule has 0 fully saturated rings. The van der Waals surface area contributed by atoms with Gasteiger partial charge in [0.25, 0.3) is 0 Å². The van der Waals surface area contributed by atoms with Gasteiger partial charge in [0.2, 0.25) is 0 Å². The van der Waals surface area contributed by atoms with Gasteiger partial charge in [-0.15, -0.1) is 0 Å². The topological polar surface area (TPSA) is 38.7 Å². The third-order valence-electron chi connectivity index (χ3n) is 4.05. The van der Waals surface area contributed by atoms with E-state index in [1.54, 1.807) is 6.07 Å². The molecule has 1 atom stereocenters. The summed E-state index contributed by atoms with van der Waals surface area (Å²) in [6.07, 6.45) is 2.67. The first kappa shape index (κ1) is 15.8. The number of hydrogen-bond donors (Lipinski definition) is 0. The van der Waals surface area contributed by atoms with E-state index in [2.05, 4.69) is 11.9 Å². The van der Waals surface area contributed by atoms with E-state index in [1.165, 1.54) is 6.07 Å². The molecule has 3 rings (SSSR count). The summed E-state index contributed by atoms with van der Waals surface area (Å²) in [6.45, 7) is 2.63. The molecule has 0 aromatic heterocycles. The Balaban J connectivity index is 2.05. The van der Waals surface area contributed by atoms with Crippen molar-refractivity contribution in [1.82, 2.24) is 0 Å². The van der Waals surface area contributed by atoms with Crippen LogP contribution in [0.3, 0.4) is 0 Å². The van der Waals surface area contributed by atoms with Gasteiger partial charge < -0.3 is 4.74 Å². The maximum absolute atomic E-state index is 13.5. The molecule has 0 aliphatic carbocycles. The Morgan fingerprint density at radius 2 is 2.23 bits per heavy atom. The monoisotopic (exact) mass is 413 g/mol. The van der Waals surface area contributed by atoms with Crippen molar-refractivity contribution in [3.05, 3.63) is 44.4 Å². The number of hydrogen-bond acceptors (Lipinski definition) is 3. The fraction of sp³-hybridized carbons (Fsp3) is 0.412. The predicted octanol–water partition coefficient (Wildman–Crippen LogP) is 4.01. The van der Waals surface area contributed by atoms with Crippen LogP contribution in [0.25, 0.3) is 0 Å². The van der Waals surface area contributed by atoms with Crippen LogP contribution < -0.4 is 0 Å². The van der Waals surface area contributed by atoms with Gasteiger partial charge in [0, 0.05) is 20.8 Å². The zero-order chi connectivity index (χ0) is 15.7. The molecule has 2 heterocycles. The summed E-state index contributed by atoms with van der Waals surface area (Å²) in [4.78, 5) is 16.9. The van der Waals surface area contributed by atoms with Crippen LogP contribution in [0.4, 0.5) is 4.39 Å². The Labute approximate surface area is 142 Å². The minimum Gasteiger partial charge on any atom is -0.367 e. The summed E-state index contributed by atoms with van der Waals surface area (Å²) in [7, 11) is 0. The lowest BCUT2D eigenvalue weighted by Crippen LogP contribution is -2.29. The molecular formula is C17H17FINO2. The molecule has 3 nitrogen and oxygen atoms in total. The standard InChI is InChI=1S/C17H17FINO2/c1-2-3-11-7-12(10-4-5-13(18)14(19)6-10)17-15(20-11)8-22-9-16(17)21/h4-6,12H,2-3,7-9H2,1H3. The van der Waals surface area contributed by atoms with Gasteiger partial charge in [0.1, 0.15) is 12.4 Å². The summed E-state index contributed by atoms with van der Waals surface area (Å²) in [5, 5.41) is 0. The number of benzene rings is 1. The first-order valence-electron chi connectivity index (χ1n) is 7.45. The summed E-state index contributed by atoms with van der Waals surface area (Å²) < 4.78 is 19.5. The van der Waals surface area contributed by atoms with Crippen molar-refractivity contribution in [2.45, 2.75) is 32.1 Å². The Kier molecular flexibility index (Phi) is 4.73. The number of aliphatic imine (C=N–C) groups is 1. The fourth-order valence-electron chi connectivity index (χ4n) is 3.08. The van der Waals surface area contributed by atoms with Crippen LogP contribution in [0, 0.1) is 9.39 Å². The average Bonchev–Trinajstić information content (AvgIpc) is 2.50. The van der Waals surface area contributed by atoms with Crippen LogP contribution in [0.5, 0.6) is 0 Å². The van der Waals surface area contributed by atoms with Crippen LogP contribution >= 0.6 is 22.6 Å². The second-order valence-electron chi connectivity index (χ2n) is 5.63. The van der Waals surface area contributed by atoms with Crippen molar-refractivity contribution in [2.24, 2.45) is 4.99 Å². The summed E-state index contributed by atoms with van der Waals surface area (Å²) >= 11 is 1.99. The van der Waals surface area contributed by atoms with E-state index in [0.29, 0.717) is 10.2 Å². The van der Waals surface area contributed by atoms with E-state index < -0.39 is 0 Å².